The summed E-state index contributed by atoms with van der Waals surface area (Å²) >= 11 is 0. The number of rotatable bonds is 9. The molecule has 0 aromatic heterocycles. The molecule has 28 heavy (non-hydrogen) atoms. The smallest absolute Gasteiger partial charge is 0.408 e. The van der Waals surface area contributed by atoms with Crippen LogP contribution in [0, 0.1) is 23.2 Å². The largest absolute Gasteiger partial charge is 0.467 e. The summed E-state index contributed by atoms with van der Waals surface area (Å²) in [5.41, 5.74) is 0.819. The molecule has 152 valence electrons. The van der Waals surface area contributed by atoms with E-state index in [0.29, 0.717) is 0 Å². The van der Waals surface area contributed by atoms with Gasteiger partial charge in [-0.2, -0.15) is 5.26 Å². The molecule has 0 saturated heterocycles. The molecule has 1 aromatic rings. The lowest BCUT2D eigenvalue weighted by molar-refractivity contribution is -0.145. The summed E-state index contributed by atoms with van der Waals surface area (Å²) in [6.45, 7) is 5.23. The molecule has 2 N–H and O–H groups in total. The zero-order valence-electron chi connectivity index (χ0n) is 16.6. The average molecular weight is 389 g/mol. The van der Waals surface area contributed by atoms with Gasteiger partial charge in [0, 0.05) is 5.92 Å². The fourth-order valence-corrected chi connectivity index (χ4v) is 2.45. The quantitative estimate of drug-likeness (QED) is 0.625. The number of nitriles is 1. The normalized spacial score (nSPS) is 13.6. The number of ether oxygens (including phenoxy) is 2. The topological polar surface area (TPSA) is 118 Å². The van der Waals surface area contributed by atoms with Crippen molar-refractivity contribution in [2.75, 3.05) is 7.11 Å². The Morgan fingerprint density at radius 2 is 1.75 bits per heavy atom. The molecule has 0 aliphatic rings. The van der Waals surface area contributed by atoms with E-state index in [2.05, 4.69) is 10.6 Å². The van der Waals surface area contributed by atoms with Crippen LogP contribution in [-0.2, 0) is 25.7 Å². The summed E-state index contributed by atoms with van der Waals surface area (Å²) < 4.78 is 9.84. The lowest BCUT2D eigenvalue weighted by atomic mass is 10.0. The Morgan fingerprint density at radius 3 is 2.29 bits per heavy atom. The highest BCUT2D eigenvalue weighted by Crippen LogP contribution is 2.09. The minimum absolute atomic E-state index is 0.0730. The van der Waals surface area contributed by atoms with E-state index >= 15 is 0 Å². The molecule has 0 unspecified atom stereocenters. The first-order chi connectivity index (χ1) is 13.3. The van der Waals surface area contributed by atoms with Gasteiger partial charge in [0.1, 0.15) is 18.7 Å². The van der Waals surface area contributed by atoms with Crippen LogP contribution in [0.2, 0.25) is 0 Å². The maximum atomic E-state index is 12.6. The molecular formula is C20H27N3O5. The fourth-order valence-electron chi connectivity index (χ4n) is 2.45. The maximum absolute atomic E-state index is 12.6. The molecule has 8 heteroatoms. The van der Waals surface area contributed by atoms with Crippen LogP contribution in [-0.4, -0.2) is 37.2 Å². The van der Waals surface area contributed by atoms with Crippen LogP contribution in [0.1, 0.15) is 32.8 Å². The first kappa shape index (κ1) is 23.0. The fraction of sp³-hybridized carbons (Fsp3) is 0.500. The summed E-state index contributed by atoms with van der Waals surface area (Å²) in [7, 11) is 1.21. The summed E-state index contributed by atoms with van der Waals surface area (Å²) in [6.07, 6.45) is -0.629. The SMILES string of the molecule is COC(=O)[C@@H](C[C@@H](C)C#N)NC(=O)[C@@H](NC(=O)OCc1ccccc1)C(C)C. The van der Waals surface area contributed by atoms with Gasteiger partial charge in [0.25, 0.3) is 0 Å². The van der Waals surface area contributed by atoms with Crippen molar-refractivity contribution < 1.29 is 23.9 Å². The van der Waals surface area contributed by atoms with Gasteiger partial charge < -0.3 is 20.1 Å². The van der Waals surface area contributed by atoms with E-state index in [4.69, 9.17) is 14.7 Å². The summed E-state index contributed by atoms with van der Waals surface area (Å²) in [5, 5.41) is 14.0. The number of carbonyl (C=O) groups is 3. The molecule has 0 heterocycles. The number of esters is 1. The van der Waals surface area contributed by atoms with Crippen molar-refractivity contribution in [2.24, 2.45) is 11.8 Å². The third-order valence-electron chi connectivity index (χ3n) is 4.05. The average Bonchev–Trinajstić information content (AvgIpc) is 2.69. The molecule has 3 atom stereocenters. The Balaban J connectivity index is 2.71. The highest BCUT2D eigenvalue weighted by molar-refractivity contribution is 5.89. The van der Waals surface area contributed by atoms with E-state index in [1.807, 2.05) is 36.4 Å². The third kappa shape index (κ3) is 7.66. The molecule has 0 radical (unpaired) electrons. The Kier molecular flexibility index (Phi) is 9.51. The van der Waals surface area contributed by atoms with Gasteiger partial charge in [-0.05, 0) is 24.8 Å². The van der Waals surface area contributed by atoms with Crippen LogP contribution in [0.4, 0.5) is 4.79 Å². The van der Waals surface area contributed by atoms with Crippen LogP contribution in [0.5, 0.6) is 0 Å². The molecular weight excluding hydrogens is 362 g/mol. The zero-order chi connectivity index (χ0) is 21.1. The molecule has 0 bridgehead atoms. The lowest BCUT2D eigenvalue weighted by Crippen LogP contribution is -2.54. The second-order valence-corrected chi connectivity index (χ2v) is 6.78. The van der Waals surface area contributed by atoms with Gasteiger partial charge in [0.15, 0.2) is 0 Å². The monoisotopic (exact) mass is 389 g/mol. The number of amides is 2. The van der Waals surface area contributed by atoms with E-state index in [-0.39, 0.29) is 18.9 Å². The Hall–Kier alpha value is -3.08. The predicted molar refractivity (Wildman–Crippen MR) is 102 cm³/mol. The van der Waals surface area contributed by atoms with Gasteiger partial charge in [-0.1, -0.05) is 44.2 Å². The predicted octanol–water partition coefficient (Wildman–Crippen LogP) is 2.14. The van der Waals surface area contributed by atoms with E-state index in [1.165, 1.54) is 7.11 Å². The molecule has 0 aliphatic heterocycles. The van der Waals surface area contributed by atoms with Crippen molar-refractivity contribution >= 4 is 18.0 Å². The van der Waals surface area contributed by atoms with E-state index in [9.17, 15) is 14.4 Å². The van der Waals surface area contributed by atoms with Crippen molar-refractivity contribution in [2.45, 2.75) is 45.9 Å². The number of hydrogen-bond acceptors (Lipinski definition) is 6. The molecule has 8 nitrogen and oxygen atoms in total. The van der Waals surface area contributed by atoms with Crippen LogP contribution in [0.3, 0.4) is 0 Å². The summed E-state index contributed by atoms with van der Waals surface area (Å²) in [5.74, 6) is -1.90. The van der Waals surface area contributed by atoms with Crippen molar-refractivity contribution in [1.82, 2.24) is 10.6 Å². The van der Waals surface area contributed by atoms with Crippen LogP contribution in [0.15, 0.2) is 30.3 Å². The molecule has 0 aliphatic carbocycles. The molecule has 2 amide bonds. The second-order valence-electron chi connectivity index (χ2n) is 6.78. The Labute approximate surface area is 165 Å². The van der Waals surface area contributed by atoms with Crippen molar-refractivity contribution in [3.8, 4) is 6.07 Å². The molecule has 0 spiro atoms. The Morgan fingerprint density at radius 1 is 1.11 bits per heavy atom. The highest BCUT2D eigenvalue weighted by atomic mass is 16.5. The summed E-state index contributed by atoms with van der Waals surface area (Å²) in [4.78, 5) is 36.6. The van der Waals surface area contributed by atoms with E-state index in [0.717, 1.165) is 5.56 Å². The van der Waals surface area contributed by atoms with Crippen LogP contribution in [0.25, 0.3) is 0 Å². The van der Waals surface area contributed by atoms with Crippen LogP contribution < -0.4 is 10.6 Å². The zero-order valence-corrected chi connectivity index (χ0v) is 16.6. The number of benzene rings is 1. The number of alkyl carbamates (subject to hydrolysis) is 1. The first-order valence-electron chi connectivity index (χ1n) is 9.03. The first-order valence-corrected chi connectivity index (χ1v) is 9.03. The lowest BCUT2D eigenvalue weighted by Gasteiger charge is -2.24. The number of carbonyl (C=O) groups excluding carboxylic acids is 3. The van der Waals surface area contributed by atoms with E-state index < -0.39 is 36.0 Å². The van der Waals surface area contributed by atoms with Gasteiger partial charge >= 0.3 is 12.1 Å². The number of methoxy groups -OCH3 is 1. The molecule has 0 fully saturated rings. The second kappa shape index (κ2) is 11.6. The van der Waals surface area contributed by atoms with Gasteiger partial charge in [-0.25, -0.2) is 9.59 Å². The van der Waals surface area contributed by atoms with Gasteiger partial charge in [-0.15, -0.1) is 0 Å². The summed E-state index contributed by atoms with van der Waals surface area (Å²) in [6, 6.07) is 9.28. The minimum atomic E-state index is -0.976. The van der Waals surface area contributed by atoms with Crippen LogP contribution >= 0.6 is 0 Å². The van der Waals surface area contributed by atoms with Gasteiger partial charge in [0.05, 0.1) is 13.2 Å². The number of nitrogens with one attached hydrogen (secondary N) is 2. The Bertz CT molecular complexity index is 700. The van der Waals surface area contributed by atoms with Gasteiger partial charge in [-0.3, -0.25) is 4.79 Å². The van der Waals surface area contributed by atoms with E-state index in [1.54, 1.807) is 20.8 Å². The highest BCUT2D eigenvalue weighted by Gasteiger charge is 2.30. The molecule has 1 aromatic carbocycles. The van der Waals surface area contributed by atoms with Crippen molar-refractivity contribution in [1.29, 1.82) is 5.26 Å². The third-order valence-corrected chi connectivity index (χ3v) is 4.05. The maximum Gasteiger partial charge on any atom is 0.408 e. The minimum Gasteiger partial charge on any atom is -0.467 e. The number of hydrogen-bond donors (Lipinski definition) is 2. The standard InChI is InChI=1S/C20H27N3O5/c1-13(2)17(23-20(26)28-12-15-8-6-5-7-9-15)18(24)22-16(19(25)27-4)10-14(3)11-21/h5-9,13-14,16-17H,10,12H2,1-4H3,(H,22,24)(H,23,26)/t14-,16-,17+/m1/s1. The molecule has 1 rings (SSSR count). The van der Waals surface area contributed by atoms with Crippen molar-refractivity contribution in [3.05, 3.63) is 35.9 Å². The van der Waals surface area contributed by atoms with Crippen molar-refractivity contribution in [3.63, 3.8) is 0 Å². The van der Waals surface area contributed by atoms with Gasteiger partial charge in [0.2, 0.25) is 5.91 Å². The molecule has 0 saturated carbocycles. The number of nitrogens with zero attached hydrogens (tertiary/aromatic N) is 1.